The molecule has 1 amide bonds. The maximum absolute atomic E-state index is 12.7. The molecular weight excluding hydrogens is 248 g/mol. The van der Waals surface area contributed by atoms with Crippen molar-refractivity contribution in [3.63, 3.8) is 0 Å². The summed E-state index contributed by atoms with van der Waals surface area (Å²) < 4.78 is 0. The number of rotatable bonds is 8. The van der Waals surface area contributed by atoms with Crippen LogP contribution in [0.25, 0.3) is 0 Å². The van der Waals surface area contributed by atoms with Crippen LogP contribution in [-0.4, -0.2) is 29.9 Å². The monoisotopic (exact) mass is 282 g/mol. The maximum Gasteiger partial charge on any atom is 0.223 e. The zero-order valence-electron chi connectivity index (χ0n) is 13.9. The topological polar surface area (TPSA) is 46.3 Å². The van der Waals surface area contributed by atoms with Gasteiger partial charge in [-0.3, -0.25) is 4.79 Å². The molecule has 118 valence electrons. The van der Waals surface area contributed by atoms with Gasteiger partial charge in [0.15, 0.2) is 0 Å². The average Bonchev–Trinajstić information content (AvgIpc) is 2.87. The molecule has 0 bridgehead atoms. The summed E-state index contributed by atoms with van der Waals surface area (Å²) in [6.07, 6.45) is 6.63. The molecule has 20 heavy (non-hydrogen) atoms. The van der Waals surface area contributed by atoms with Crippen LogP contribution in [0.3, 0.4) is 0 Å². The second-order valence-corrected chi connectivity index (χ2v) is 7.31. The molecule has 2 N–H and O–H groups in total. The number of nitrogens with two attached hydrogens (primary N) is 1. The molecule has 1 fully saturated rings. The van der Waals surface area contributed by atoms with Gasteiger partial charge in [-0.2, -0.15) is 0 Å². The molecule has 0 aromatic heterocycles. The zero-order valence-corrected chi connectivity index (χ0v) is 13.9. The lowest BCUT2D eigenvalue weighted by molar-refractivity contribution is -0.135. The maximum atomic E-state index is 12.7. The fourth-order valence-corrected chi connectivity index (χ4v) is 3.36. The molecule has 1 rings (SSSR count). The third-order valence-corrected chi connectivity index (χ3v) is 4.25. The number of hydrogen-bond donors (Lipinski definition) is 1. The lowest BCUT2D eigenvalue weighted by atomic mass is 9.93. The van der Waals surface area contributed by atoms with Gasteiger partial charge in [-0.15, -0.1) is 0 Å². The van der Waals surface area contributed by atoms with Crippen LogP contribution in [0.2, 0.25) is 0 Å². The van der Waals surface area contributed by atoms with Gasteiger partial charge in [-0.25, -0.2) is 0 Å². The lowest BCUT2D eigenvalue weighted by Crippen LogP contribution is -2.42. The molecule has 1 saturated carbocycles. The fraction of sp³-hybridized carbons (Fsp3) is 0.941. The SMILES string of the molecule is CC(C)C[C@H](CN)CC(=O)N(CC(C)C)C1CCCC1. The van der Waals surface area contributed by atoms with Crippen molar-refractivity contribution >= 4 is 5.91 Å². The number of nitrogens with zero attached hydrogens (tertiary/aromatic N) is 1. The molecule has 0 aromatic carbocycles. The van der Waals surface area contributed by atoms with Gasteiger partial charge in [0, 0.05) is 19.0 Å². The first-order valence-electron chi connectivity index (χ1n) is 8.43. The molecule has 0 aromatic rings. The number of hydrogen-bond acceptors (Lipinski definition) is 2. The minimum absolute atomic E-state index is 0.335. The standard InChI is InChI=1S/C17H34N2O/c1-13(2)9-15(11-18)10-17(20)19(12-14(3)4)16-7-5-6-8-16/h13-16H,5-12,18H2,1-4H3/t15-/m0/s1. The Kier molecular flexibility index (Phi) is 7.57. The Labute approximate surface area is 125 Å². The summed E-state index contributed by atoms with van der Waals surface area (Å²) in [7, 11) is 0. The van der Waals surface area contributed by atoms with E-state index in [0.717, 1.165) is 13.0 Å². The molecule has 1 aliphatic rings. The predicted molar refractivity (Wildman–Crippen MR) is 85.4 cm³/mol. The first kappa shape index (κ1) is 17.5. The molecule has 1 aliphatic carbocycles. The summed E-state index contributed by atoms with van der Waals surface area (Å²) in [6, 6.07) is 0.488. The Balaban J connectivity index is 2.61. The van der Waals surface area contributed by atoms with Crippen molar-refractivity contribution in [2.24, 2.45) is 23.5 Å². The Morgan fingerprint density at radius 2 is 1.75 bits per heavy atom. The number of amides is 1. The molecule has 3 heteroatoms. The summed E-state index contributed by atoms with van der Waals surface area (Å²) in [6.45, 7) is 10.3. The van der Waals surface area contributed by atoms with E-state index >= 15 is 0 Å². The summed E-state index contributed by atoms with van der Waals surface area (Å²) >= 11 is 0. The highest BCUT2D eigenvalue weighted by molar-refractivity contribution is 5.76. The molecular formula is C17H34N2O. The Bertz CT molecular complexity index is 283. The number of carbonyl (C=O) groups excluding carboxylic acids is 1. The van der Waals surface area contributed by atoms with Crippen molar-refractivity contribution in [3.8, 4) is 0 Å². The van der Waals surface area contributed by atoms with Crippen LogP contribution >= 0.6 is 0 Å². The van der Waals surface area contributed by atoms with E-state index in [1.54, 1.807) is 0 Å². The van der Waals surface area contributed by atoms with Gasteiger partial charge >= 0.3 is 0 Å². The largest absolute Gasteiger partial charge is 0.339 e. The molecule has 0 spiro atoms. The van der Waals surface area contributed by atoms with Gasteiger partial charge < -0.3 is 10.6 Å². The van der Waals surface area contributed by atoms with Crippen LogP contribution in [0.15, 0.2) is 0 Å². The van der Waals surface area contributed by atoms with Crippen molar-refractivity contribution in [2.75, 3.05) is 13.1 Å². The summed E-state index contributed by atoms with van der Waals surface area (Å²) in [5.41, 5.74) is 5.85. The first-order chi connectivity index (χ1) is 9.43. The van der Waals surface area contributed by atoms with E-state index in [-0.39, 0.29) is 0 Å². The molecule has 0 radical (unpaired) electrons. The van der Waals surface area contributed by atoms with Crippen LogP contribution in [0.5, 0.6) is 0 Å². The highest BCUT2D eigenvalue weighted by Crippen LogP contribution is 2.26. The third-order valence-electron chi connectivity index (χ3n) is 4.25. The van der Waals surface area contributed by atoms with E-state index in [4.69, 9.17) is 5.73 Å². The molecule has 3 nitrogen and oxygen atoms in total. The smallest absolute Gasteiger partial charge is 0.223 e. The minimum atomic E-state index is 0.335. The van der Waals surface area contributed by atoms with E-state index in [1.165, 1.54) is 25.7 Å². The fourth-order valence-electron chi connectivity index (χ4n) is 3.36. The van der Waals surface area contributed by atoms with Crippen molar-refractivity contribution in [1.29, 1.82) is 0 Å². The average molecular weight is 282 g/mol. The van der Waals surface area contributed by atoms with E-state index < -0.39 is 0 Å². The van der Waals surface area contributed by atoms with Gasteiger partial charge in [0.05, 0.1) is 0 Å². The van der Waals surface area contributed by atoms with E-state index in [0.29, 0.717) is 42.7 Å². The van der Waals surface area contributed by atoms with Gasteiger partial charge in [0.25, 0.3) is 0 Å². The van der Waals surface area contributed by atoms with Crippen molar-refractivity contribution in [3.05, 3.63) is 0 Å². The minimum Gasteiger partial charge on any atom is -0.339 e. The Morgan fingerprint density at radius 3 is 2.20 bits per heavy atom. The lowest BCUT2D eigenvalue weighted by Gasteiger charge is -2.32. The first-order valence-corrected chi connectivity index (χ1v) is 8.43. The van der Waals surface area contributed by atoms with Gasteiger partial charge in [-0.1, -0.05) is 40.5 Å². The summed E-state index contributed by atoms with van der Waals surface area (Å²) in [5, 5.41) is 0. The van der Waals surface area contributed by atoms with Crippen molar-refractivity contribution in [2.45, 2.75) is 72.3 Å². The predicted octanol–water partition coefficient (Wildman–Crippen LogP) is 3.42. The van der Waals surface area contributed by atoms with Crippen molar-refractivity contribution in [1.82, 2.24) is 4.90 Å². The third kappa shape index (κ3) is 5.82. The highest BCUT2D eigenvalue weighted by atomic mass is 16.2. The molecule has 0 unspecified atom stereocenters. The normalized spacial score (nSPS) is 17.9. The van der Waals surface area contributed by atoms with Crippen LogP contribution in [0, 0.1) is 17.8 Å². The second-order valence-electron chi connectivity index (χ2n) is 7.31. The quantitative estimate of drug-likeness (QED) is 0.741. The molecule has 1 atom stereocenters. The van der Waals surface area contributed by atoms with Crippen LogP contribution in [0.4, 0.5) is 0 Å². The van der Waals surface area contributed by atoms with E-state index in [9.17, 15) is 4.79 Å². The van der Waals surface area contributed by atoms with Gasteiger partial charge in [0.2, 0.25) is 5.91 Å². The van der Waals surface area contributed by atoms with Gasteiger partial charge in [-0.05, 0) is 43.6 Å². The highest BCUT2D eigenvalue weighted by Gasteiger charge is 2.28. The van der Waals surface area contributed by atoms with E-state index in [2.05, 4.69) is 32.6 Å². The van der Waals surface area contributed by atoms with Crippen molar-refractivity contribution < 1.29 is 4.79 Å². The number of carbonyl (C=O) groups is 1. The Morgan fingerprint density at radius 1 is 1.15 bits per heavy atom. The van der Waals surface area contributed by atoms with Crippen LogP contribution < -0.4 is 5.73 Å². The molecule has 0 aliphatic heterocycles. The van der Waals surface area contributed by atoms with Gasteiger partial charge in [0.1, 0.15) is 0 Å². The molecule has 0 saturated heterocycles. The summed E-state index contributed by atoms with van der Waals surface area (Å²) in [4.78, 5) is 14.9. The van der Waals surface area contributed by atoms with Crippen LogP contribution in [-0.2, 0) is 4.79 Å². The Hall–Kier alpha value is -0.570. The van der Waals surface area contributed by atoms with E-state index in [1.807, 2.05) is 0 Å². The van der Waals surface area contributed by atoms with Crippen LogP contribution in [0.1, 0.15) is 66.2 Å². The molecule has 0 heterocycles. The second kappa shape index (κ2) is 8.66. The summed E-state index contributed by atoms with van der Waals surface area (Å²) in [5.74, 6) is 1.84. The zero-order chi connectivity index (χ0) is 15.1.